The summed E-state index contributed by atoms with van der Waals surface area (Å²) in [5.41, 5.74) is 14.6. The minimum absolute atomic E-state index is 0. The van der Waals surface area contributed by atoms with E-state index in [9.17, 15) is 0 Å². The summed E-state index contributed by atoms with van der Waals surface area (Å²) < 4.78 is 6.25. The Kier molecular flexibility index (Phi) is 9.67. The predicted octanol–water partition coefficient (Wildman–Crippen LogP) is 11.8. The van der Waals surface area contributed by atoms with Crippen LogP contribution in [0.15, 0.2) is 150 Å². The van der Waals surface area contributed by atoms with E-state index in [1.54, 1.807) is 6.20 Å². The molecule has 0 aliphatic heterocycles. The molecular weight excluding hydrogens is 803 g/mol. The van der Waals surface area contributed by atoms with Gasteiger partial charge in [0.2, 0.25) is 0 Å². The maximum Gasteiger partial charge on any atom is 0.120 e. The zero-order valence-electron chi connectivity index (χ0n) is 28.4. The first-order valence-corrected chi connectivity index (χ1v) is 16.7. The second-order valence-corrected chi connectivity index (χ2v) is 12.4. The molecule has 5 heteroatoms. The van der Waals surface area contributed by atoms with E-state index in [1.807, 2.05) is 72.9 Å². The van der Waals surface area contributed by atoms with E-state index in [0.29, 0.717) is 0 Å². The Morgan fingerprint density at radius 2 is 1.37 bits per heavy atom. The fourth-order valence-corrected chi connectivity index (χ4v) is 6.63. The van der Waals surface area contributed by atoms with Crippen LogP contribution in [-0.2, 0) is 20.1 Å². The Bertz CT molecular complexity index is 2570. The van der Waals surface area contributed by atoms with Gasteiger partial charge in [-0.3, -0.25) is 0 Å². The number of para-hydroxylation sites is 1. The van der Waals surface area contributed by atoms with Crippen LogP contribution in [-0.4, -0.2) is 15.0 Å². The number of nitrogens with zero attached hydrogens (tertiary/aromatic N) is 3. The average molecular weight is 836 g/mol. The van der Waals surface area contributed by atoms with Crippen LogP contribution in [0.2, 0.25) is 0 Å². The summed E-state index contributed by atoms with van der Waals surface area (Å²) in [7, 11) is 0. The van der Waals surface area contributed by atoms with Crippen molar-refractivity contribution in [2.45, 2.75) is 20.8 Å². The minimum atomic E-state index is 0. The first kappa shape index (κ1) is 33.7. The molecule has 0 fully saturated rings. The molecule has 0 unspecified atom stereocenters. The Labute approximate surface area is 311 Å². The second-order valence-electron chi connectivity index (χ2n) is 12.4. The quantitative estimate of drug-likeness (QED) is 0.166. The molecule has 0 aliphatic rings. The van der Waals surface area contributed by atoms with E-state index in [0.717, 1.165) is 66.6 Å². The van der Waals surface area contributed by atoms with Gasteiger partial charge >= 0.3 is 0 Å². The zero-order valence-corrected chi connectivity index (χ0v) is 30.8. The first-order chi connectivity index (χ1) is 24.5. The Balaban J connectivity index is 0.000000265. The summed E-state index contributed by atoms with van der Waals surface area (Å²) in [4.78, 5) is 14.0. The molecular formula is C46H33IrN3O-2. The number of benzene rings is 5. The van der Waals surface area contributed by atoms with Crippen LogP contribution in [0.5, 0.6) is 0 Å². The van der Waals surface area contributed by atoms with Crippen LogP contribution in [0.3, 0.4) is 0 Å². The summed E-state index contributed by atoms with van der Waals surface area (Å²) in [6.07, 6.45) is 3.65. The monoisotopic (exact) mass is 836 g/mol. The minimum Gasteiger partial charge on any atom is -0.501 e. The number of rotatable bonds is 4. The van der Waals surface area contributed by atoms with E-state index in [4.69, 9.17) is 14.4 Å². The molecule has 51 heavy (non-hydrogen) atoms. The molecule has 0 saturated heterocycles. The molecule has 0 amide bonds. The van der Waals surface area contributed by atoms with Crippen LogP contribution >= 0.6 is 0 Å². The van der Waals surface area contributed by atoms with Crippen LogP contribution in [0.4, 0.5) is 0 Å². The fraction of sp³-hybridized carbons (Fsp3) is 0.0652. The van der Waals surface area contributed by atoms with Gasteiger partial charge in [0.1, 0.15) is 5.58 Å². The Morgan fingerprint density at radius 3 is 2.18 bits per heavy atom. The summed E-state index contributed by atoms with van der Waals surface area (Å²) in [5.74, 6) is 0. The van der Waals surface area contributed by atoms with E-state index in [2.05, 4.69) is 105 Å². The molecule has 0 saturated carbocycles. The Hall–Kier alpha value is -5.74. The van der Waals surface area contributed by atoms with Crippen molar-refractivity contribution < 1.29 is 24.5 Å². The molecule has 4 nitrogen and oxygen atoms in total. The van der Waals surface area contributed by atoms with Crippen LogP contribution < -0.4 is 0 Å². The van der Waals surface area contributed by atoms with E-state index < -0.39 is 0 Å². The zero-order chi connectivity index (χ0) is 34.0. The predicted molar refractivity (Wildman–Crippen MR) is 205 cm³/mol. The summed E-state index contributed by atoms with van der Waals surface area (Å²) >= 11 is 0. The van der Waals surface area contributed by atoms with Gasteiger partial charge in [-0.1, -0.05) is 71.6 Å². The van der Waals surface area contributed by atoms with E-state index in [1.165, 1.54) is 27.8 Å². The number of furan rings is 1. The molecule has 0 atom stereocenters. The molecule has 0 aliphatic carbocycles. The smallest absolute Gasteiger partial charge is 0.120 e. The fourth-order valence-electron chi connectivity index (χ4n) is 6.63. The van der Waals surface area contributed by atoms with Gasteiger partial charge in [-0.25, -0.2) is 4.98 Å². The van der Waals surface area contributed by atoms with Gasteiger partial charge in [0.05, 0.1) is 16.8 Å². The van der Waals surface area contributed by atoms with Crippen molar-refractivity contribution in [2.24, 2.45) is 0 Å². The van der Waals surface area contributed by atoms with Gasteiger partial charge in [0.25, 0.3) is 0 Å². The van der Waals surface area contributed by atoms with Gasteiger partial charge in [0, 0.05) is 48.8 Å². The number of pyridine rings is 3. The molecule has 1 radical (unpaired) electrons. The number of fused-ring (bicyclic) bond motifs is 4. The molecule has 5 aromatic carbocycles. The van der Waals surface area contributed by atoms with Crippen LogP contribution in [0.25, 0.3) is 77.7 Å². The van der Waals surface area contributed by atoms with Crippen LogP contribution in [0, 0.1) is 32.9 Å². The molecule has 4 aromatic heterocycles. The Morgan fingerprint density at radius 1 is 0.569 bits per heavy atom. The van der Waals surface area contributed by atoms with Crippen molar-refractivity contribution in [3.8, 4) is 44.9 Å². The number of aromatic nitrogens is 3. The number of aryl methyl sites for hydroxylation is 3. The average Bonchev–Trinajstić information content (AvgIpc) is 3.55. The molecule has 0 bridgehead atoms. The molecule has 9 aromatic rings. The summed E-state index contributed by atoms with van der Waals surface area (Å²) in [5, 5.41) is 3.30. The van der Waals surface area contributed by atoms with Gasteiger partial charge in [-0.15, -0.1) is 54.1 Å². The third kappa shape index (κ3) is 6.74. The maximum absolute atomic E-state index is 6.25. The van der Waals surface area contributed by atoms with Crippen molar-refractivity contribution in [3.63, 3.8) is 0 Å². The van der Waals surface area contributed by atoms with E-state index in [-0.39, 0.29) is 20.1 Å². The second kappa shape index (κ2) is 14.6. The molecule has 9 rings (SSSR count). The van der Waals surface area contributed by atoms with Crippen molar-refractivity contribution in [1.29, 1.82) is 0 Å². The normalized spacial score (nSPS) is 10.9. The SMILES string of the molecule is Cc1cc2nc(-c3c(C)cccc3C)ccc2cc1-c1ccnc(-c2[c-]ccc3c2oc2ccccc23)c1.[Ir].[c-]1ccccc1-c1ccccn1. The van der Waals surface area contributed by atoms with Crippen molar-refractivity contribution in [3.05, 3.63) is 175 Å². The van der Waals surface area contributed by atoms with Crippen molar-refractivity contribution in [1.82, 2.24) is 15.0 Å². The largest absolute Gasteiger partial charge is 0.501 e. The van der Waals surface area contributed by atoms with Gasteiger partial charge < -0.3 is 14.4 Å². The molecule has 0 spiro atoms. The third-order valence-corrected chi connectivity index (χ3v) is 9.09. The maximum atomic E-state index is 6.25. The van der Waals surface area contributed by atoms with Crippen molar-refractivity contribution >= 4 is 32.8 Å². The number of hydrogen-bond acceptors (Lipinski definition) is 4. The van der Waals surface area contributed by atoms with Gasteiger partial charge in [-0.2, -0.15) is 0 Å². The topological polar surface area (TPSA) is 51.8 Å². The van der Waals surface area contributed by atoms with E-state index >= 15 is 0 Å². The van der Waals surface area contributed by atoms with Crippen LogP contribution in [0.1, 0.15) is 16.7 Å². The molecule has 0 N–H and O–H groups in total. The van der Waals surface area contributed by atoms with Gasteiger partial charge in [0.15, 0.2) is 0 Å². The number of hydrogen-bond donors (Lipinski definition) is 0. The summed E-state index contributed by atoms with van der Waals surface area (Å²) in [6.45, 7) is 6.44. The van der Waals surface area contributed by atoms with Crippen molar-refractivity contribution in [2.75, 3.05) is 0 Å². The first-order valence-electron chi connectivity index (χ1n) is 16.7. The summed E-state index contributed by atoms with van der Waals surface area (Å²) in [6, 6.07) is 51.6. The van der Waals surface area contributed by atoms with Gasteiger partial charge in [-0.05, 0) is 96.4 Å². The molecule has 4 heterocycles. The molecule has 249 valence electrons. The third-order valence-electron chi connectivity index (χ3n) is 9.09. The standard InChI is InChI=1S/C35H25N2O.C11H8N.Ir/c1-21-8-6-9-22(2)34(21)30-15-14-25-19-29(23(3)18-31(25)37-30)24-16-17-36-32(20-24)28-12-7-11-27-26-10-4-5-13-33(26)38-35(27)28;1-2-6-10(7-3-1)11-8-4-5-9-12-11;/h4-11,13-20H,1-3H3;1-6,8-9H;/q2*-1;.